The highest BCUT2D eigenvalue weighted by Crippen LogP contribution is 2.27. The summed E-state index contributed by atoms with van der Waals surface area (Å²) in [6.45, 7) is 6.37. The summed E-state index contributed by atoms with van der Waals surface area (Å²) in [6, 6.07) is 5.96. The van der Waals surface area contributed by atoms with E-state index in [0.717, 1.165) is 25.9 Å². The smallest absolute Gasteiger partial charge is 0.263 e. The van der Waals surface area contributed by atoms with Gasteiger partial charge in [0.25, 0.3) is 10.0 Å². The Balaban J connectivity index is 0.00000243. The summed E-state index contributed by atoms with van der Waals surface area (Å²) >= 11 is 0. The van der Waals surface area contributed by atoms with E-state index in [9.17, 15) is 13.2 Å². The molecule has 0 radical (unpaired) electrons. The van der Waals surface area contributed by atoms with Crippen LogP contribution in [0.5, 0.6) is 0 Å². The summed E-state index contributed by atoms with van der Waals surface area (Å²) in [6.07, 6.45) is 2.03. The van der Waals surface area contributed by atoms with Gasteiger partial charge < -0.3 is 10.6 Å². The monoisotopic (exact) mass is 400 g/mol. The third-order valence-electron chi connectivity index (χ3n) is 4.86. The number of sulfonamides is 1. The SMILES string of the molecule is CC(N=C1NS(=O)(=O)c2ccccc21)C(=O)NCC1(C)CCNCC1.Cl. The molecule has 2 aliphatic rings. The number of nitrogens with zero attached hydrogens (tertiary/aromatic N) is 1. The molecule has 2 aliphatic heterocycles. The predicted octanol–water partition coefficient (Wildman–Crippen LogP) is 1.04. The fraction of sp³-hybridized carbons (Fsp3) is 0.529. The number of piperidine rings is 1. The van der Waals surface area contributed by atoms with Crippen LogP contribution in [-0.2, 0) is 14.8 Å². The maximum Gasteiger partial charge on any atom is 0.263 e. The molecule has 0 aliphatic carbocycles. The van der Waals surface area contributed by atoms with Crippen molar-refractivity contribution in [3.8, 4) is 0 Å². The number of aliphatic imine (C=N–C) groups is 1. The first-order valence-corrected chi connectivity index (χ1v) is 9.98. The molecule has 9 heteroatoms. The zero-order valence-corrected chi connectivity index (χ0v) is 16.5. The molecule has 1 aromatic rings. The quantitative estimate of drug-likeness (QED) is 0.703. The number of nitrogens with one attached hydrogen (secondary N) is 3. The van der Waals surface area contributed by atoms with Gasteiger partial charge >= 0.3 is 0 Å². The molecule has 0 saturated carbocycles. The third kappa shape index (κ3) is 4.36. The number of carbonyl (C=O) groups excluding carboxylic acids is 1. The van der Waals surface area contributed by atoms with Gasteiger partial charge in [0.15, 0.2) is 0 Å². The molecular weight excluding hydrogens is 376 g/mol. The number of benzene rings is 1. The van der Waals surface area contributed by atoms with Crippen LogP contribution in [0.1, 0.15) is 32.3 Å². The second kappa shape index (κ2) is 7.94. The van der Waals surface area contributed by atoms with E-state index in [2.05, 4.69) is 27.3 Å². The maximum atomic E-state index is 12.4. The molecule has 1 amide bonds. The predicted molar refractivity (Wildman–Crippen MR) is 103 cm³/mol. The molecule has 7 nitrogen and oxygen atoms in total. The van der Waals surface area contributed by atoms with E-state index < -0.39 is 16.1 Å². The molecule has 0 bridgehead atoms. The molecule has 3 N–H and O–H groups in total. The van der Waals surface area contributed by atoms with E-state index in [-0.39, 0.29) is 34.5 Å². The normalized spacial score (nSPS) is 22.6. The average Bonchev–Trinajstić information content (AvgIpc) is 2.84. The van der Waals surface area contributed by atoms with Crippen molar-refractivity contribution < 1.29 is 13.2 Å². The molecule has 0 spiro atoms. The Labute approximate surface area is 160 Å². The minimum atomic E-state index is -3.58. The number of hydrogen-bond donors (Lipinski definition) is 3. The van der Waals surface area contributed by atoms with Crippen molar-refractivity contribution >= 4 is 34.2 Å². The van der Waals surface area contributed by atoms with Gasteiger partial charge in [-0.2, -0.15) is 0 Å². The molecular formula is C17H25ClN4O3S. The highest BCUT2D eigenvalue weighted by molar-refractivity contribution is 7.90. The van der Waals surface area contributed by atoms with E-state index in [4.69, 9.17) is 0 Å². The number of amidine groups is 1. The zero-order chi connectivity index (χ0) is 18.1. The second-order valence-corrected chi connectivity index (χ2v) is 8.68. The summed E-state index contributed by atoms with van der Waals surface area (Å²) in [5.74, 6) is 0.0298. The van der Waals surface area contributed by atoms with Crippen LogP contribution in [0.3, 0.4) is 0 Å². The standard InChI is InChI=1S/C17H24N4O3S.ClH/c1-12(16(22)19-11-17(2)7-9-18-10-8-17)20-15-13-5-3-4-6-14(13)25(23,24)21-15;/h3-6,12,18H,7-11H2,1-2H3,(H,19,22)(H,20,21);1H. The summed E-state index contributed by atoms with van der Waals surface area (Å²) in [4.78, 5) is 16.9. The van der Waals surface area contributed by atoms with E-state index in [1.807, 2.05) is 0 Å². The number of halogens is 1. The van der Waals surface area contributed by atoms with Crippen LogP contribution in [0, 0.1) is 5.41 Å². The Morgan fingerprint density at radius 2 is 1.96 bits per heavy atom. The molecule has 1 saturated heterocycles. The van der Waals surface area contributed by atoms with Crippen molar-refractivity contribution in [3.63, 3.8) is 0 Å². The number of amides is 1. The number of rotatable bonds is 4. The molecule has 1 atom stereocenters. The van der Waals surface area contributed by atoms with Crippen molar-refractivity contribution in [1.82, 2.24) is 15.4 Å². The fourth-order valence-electron chi connectivity index (χ4n) is 3.14. The van der Waals surface area contributed by atoms with Crippen molar-refractivity contribution in [1.29, 1.82) is 0 Å². The highest BCUT2D eigenvalue weighted by Gasteiger charge is 2.32. The Kier molecular flexibility index (Phi) is 6.31. The van der Waals surface area contributed by atoms with Gasteiger partial charge in [-0.05, 0) is 50.4 Å². The van der Waals surface area contributed by atoms with Gasteiger partial charge in [0.1, 0.15) is 11.9 Å². The van der Waals surface area contributed by atoms with E-state index in [1.54, 1.807) is 25.1 Å². The molecule has 1 unspecified atom stereocenters. The Morgan fingerprint density at radius 1 is 1.31 bits per heavy atom. The van der Waals surface area contributed by atoms with Crippen LogP contribution >= 0.6 is 12.4 Å². The van der Waals surface area contributed by atoms with Gasteiger partial charge in [-0.25, -0.2) is 8.42 Å². The molecule has 144 valence electrons. The van der Waals surface area contributed by atoms with Crippen LogP contribution in [-0.4, -0.2) is 45.8 Å². The van der Waals surface area contributed by atoms with E-state index in [1.165, 1.54) is 6.07 Å². The first-order valence-electron chi connectivity index (χ1n) is 8.49. The van der Waals surface area contributed by atoms with E-state index >= 15 is 0 Å². The van der Waals surface area contributed by atoms with Crippen molar-refractivity contribution in [2.24, 2.45) is 10.4 Å². The van der Waals surface area contributed by atoms with Crippen LogP contribution in [0.25, 0.3) is 0 Å². The second-order valence-electron chi connectivity index (χ2n) is 7.03. The Hall–Kier alpha value is -1.64. The third-order valence-corrected chi connectivity index (χ3v) is 6.26. The number of carbonyl (C=O) groups is 1. The molecule has 2 heterocycles. The molecule has 1 aromatic carbocycles. The first-order chi connectivity index (χ1) is 11.8. The van der Waals surface area contributed by atoms with Crippen LogP contribution in [0.2, 0.25) is 0 Å². The van der Waals surface area contributed by atoms with Gasteiger partial charge in [-0.15, -0.1) is 12.4 Å². The lowest BCUT2D eigenvalue weighted by Crippen LogP contribution is -2.45. The largest absolute Gasteiger partial charge is 0.354 e. The topological polar surface area (TPSA) is 99.7 Å². The molecule has 0 aromatic heterocycles. The van der Waals surface area contributed by atoms with Crippen molar-refractivity contribution in [2.75, 3.05) is 19.6 Å². The summed E-state index contributed by atoms with van der Waals surface area (Å²) in [5, 5.41) is 6.28. The highest BCUT2D eigenvalue weighted by atomic mass is 35.5. The van der Waals surface area contributed by atoms with Crippen LogP contribution in [0.4, 0.5) is 0 Å². The van der Waals surface area contributed by atoms with E-state index in [0.29, 0.717) is 12.1 Å². The minimum absolute atomic E-state index is 0. The maximum absolute atomic E-state index is 12.4. The van der Waals surface area contributed by atoms with Crippen molar-refractivity contribution in [3.05, 3.63) is 29.8 Å². The Morgan fingerprint density at radius 3 is 2.65 bits per heavy atom. The average molecular weight is 401 g/mol. The lowest BCUT2D eigenvalue weighted by molar-refractivity contribution is -0.122. The van der Waals surface area contributed by atoms with Crippen molar-refractivity contribution in [2.45, 2.75) is 37.6 Å². The summed E-state index contributed by atoms with van der Waals surface area (Å²) in [5.41, 5.74) is 0.599. The van der Waals surface area contributed by atoms with Gasteiger partial charge in [-0.1, -0.05) is 19.1 Å². The lowest BCUT2D eigenvalue weighted by atomic mass is 9.81. The summed E-state index contributed by atoms with van der Waals surface area (Å²) < 4.78 is 26.6. The van der Waals surface area contributed by atoms with Gasteiger partial charge in [0.2, 0.25) is 5.91 Å². The van der Waals surface area contributed by atoms with Gasteiger partial charge in [-0.3, -0.25) is 14.5 Å². The molecule has 1 fully saturated rings. The zero-order valence-electron chi connectivity index (χ0n) is 14.9. The minimum Gasteiger partial charge on any atom is -0.354 e. The van der Waals surface area contributed by atoms with Crippen LogP contribution < -0.4 is 15.4 Å². The lowest BCUT2D eigenvalue weighted by Gasteiger charge is -2.34. The Bertz CT molecular complexity index is 804. The first kappa shape index (κ1) is 20.7. The van der Waals surface area contributed by atoms with Crippen LogP contribution in [0.15, 0.2) is 34.2 Å². The van der Waals surface area contributed by atoms with Gasteiger partial charge in [0, 0.05) is 12.1 Å². The molecule has 26 heavy (non-hydrogen) atoms. The fourth-order valence-corrected chi connectivity index (χ4v) is 4.38. The number of hydrogen-bond acceptors (Lipinski definition) is 5. The molecule has 3 rings (SSSR count). The summed E-state index contributed by atoms with van der Waals surface area (Å²) in [7, 11) is -3.58. The van der Waals surface area contributed by atoms with Gasteiger partial charge in [0.05, 0.1) is 4.90 Å². The number of fused-ring (bicyclic) bond motifs is 1.